The van der Waals surface area contributed by atoms with Crippen LogP contribution >= 0.6 is 0 Å². The molecule has 0 saturated heterocycles. The van der Waals surface area contributed by atoms with E-state index in [1.54, 1.807) is 26.0 Å². The first-order valence-electron chi connectivity index (χ1n) is 28.1. The summed E-state index contributed by atoms with van der Waals surface area (Å²) in [6.45, 7) is 25.4. The van der Waals surface area contributed by atoms with Crippen LogP contribution in [-0.4, -0.2) is 153 Å². The maximum absolute atomic E-state index is 14.6. The molecule has 0 aliphatic carbocycles. The number of aromatic nitrogens is 2. The second-order valence-corrected chi connectivity index (χ2v) is 20.8. The molecule has 424 valence electrons. The lowest BCUT2D eigenvalue weighted by atomic mass is 10.0. The number of ether oxygens (including phenoxy) is 9. The zero-order valence-electron chi connectivity index (χ0n) is 47.6. The van der Waals surface area contributed by atoms with Crippen LogP contribution in [0.2, 0.25) is 0 Å². The summed E-state index contributed by atoms with van der Waals surface area (Å²) in [5, 5.41) is 20.8. The molecule has 2 aromatic rings. The molecule has 1 amide bonds. The predicted molar refractivity (Wildman–Crippen MR) is 290 cm³/mol. The van der Waals surface area contributed by atoms with E-state index in [2.05, 4.69) is 6.92 Å². The molecule has 0 aliphatic rings. The van der Waals surface area contributed by atoms with Crippen LogP contribution in [0, 0.1) is 0 Å². The van der Waals surface area contributed by atoms with Crippen LogP contribution in [-0.2, 0) is 47.4 Å². The van der Waals surface area contributed by atoms with Gasteiger partial charge in [0.15, 0.2) is 5.82 Å². The van der Waals surface area contributed by atoms with Gasteiger partial charge in [-0.15, -0.1) is 0 Å². The highest BCUT2D eigenvalue weighted by atomic mass is 16.6. The number of hydrogen-bond acceptors (Lipinski definition) is 14. The maximum Gasteiger partial charge on any atom is 0.280 e. The minimum absolute atomic E-state index is 0.0846. The highest BCUT2D eigenvalue weighted by molar-refractivity contribution is 5.84. The number of unbranched alkanes of at least 4 members (excludes halogenated alkanes) is 13. The van der Waals surface area contributed by atoms with Crippen LogP contribution in [0.3, 0.4) is 0 Å². The Labute approximate surface area is 440 Å². The second-order valence-electron chi connectivity index (χ2n) is 20.8. The summed E-state index contributed by atoms with van der Waals surface area (Å²) in [5.74, 6) is 0.0261. The zero-order valence-corrected chi connectivity index (χ0v) is 47.6. The Hall–Kier alpha value is -2.61. The van der Waals surface area contributed by atoms with Crippen LogP contribution in [0.4, 0.5) is 0 Å². The van der Waals surface area contributed by atoms with E-state index in [0.29, 0.717) is 56.2 Å². The first-order valence-corrected chi connectivity index (χ1v) is 28.1. The van der Waals surface area contributed by atoms with Crippen LogP contribution in [0.5, 0.6) is 0 Å². The molecular formula is C57H103N3O13. The van der Waals surface area contributed by atoms with Gasteiger partial charge in [0.25, 0.3) is 5.56 Å². The van der Waals surface area contributed by atoms with Crippen molar-refractivity contribution in [2.45, 2.75) is 247 Å². The van der Waals surface area contributed by atoms with Crippen molar-refractivity contribution in [3.63, 3.8) is 0 Å². The van der Waals surface area contributed by atoms with Gasteiger partial charge < -0.3 is 52.8 Å². The molecule has 2 N–H and O–H groups in total. The van der Waals surface area contributed by atoms with E-state index in [4.69, 9.17) is 47.6 Å². The van der Waals surface area contributed by atoms with E-state index < -0.39 is 24.4 Å². The SMILES string of the molecule is CCCCCCCCCCCCCCCCC(OCC(C)OCC(C)OCC(C)OCC(C)OCC(C)O)c1nc2ccccc2c(=O)n1N(CC(C)OCC(C)OCC(C)OCC(C)OCC(C)O)C(C)=O. The number of carbonyl (C=O) groups excluding carboxylic acids is 1. The van der Waals surface area contributed by atoms with E-state index in [1.807, 2.05) is 67.5 Å². The molecule has 1 aromatic carbocycles. The molecule has 2 rings (SSSR count). The van der Waals surface area contributed by atoms with E-state index in [9.17, 15) is 19.8 Å². The predicted octanol–water partition coefficient (Wildman–Crippen LogP) is 9.81. The third-order valence-corrected chi connectivity index (χ3v) is 12.4. The average molecular weight is 1040 g/mol. The standard InChI is InChI=1S/C57H103N3O13/c1-13-14-15-16-17-18-19-20-21-22-23-24-25-26-31-55(73-41-51(11)72-40-50(10)71-39-49(9)69-37-46(6)66-34-43(3)62)56-58-54-30-28-27-29-53(54)57(64)60(56)59(52(12)63)32-44(4)67-35-47(7)70-38-48(8)68-36-45(5)65-33-42(2)61/h27-30,42-51,55,61-62H,13-26,31-41H2,1-12H3. The highest BCUT2D eigenvalue weighted by Gasteiger charge is 2.28. The molecule has 16 nitrogen and oxygen atoms in total. The summed E-state index contributed by atoms with van der Waals surface area (Å²) in [6, 6.07) is 7.22. The third kappa shape index (κ3) is 30.7. The summed E-state index contributed by atoms with van der Waals surface area (Å²) < 4.78 is 55.7. The van der Waals surface area contributed by atoms with Gasteiger partial charge in [-0.05, 0) is 87.8 Å². The van der Waals surface area contributed by atoms with Crippen LogP contribution < -0.4 is 10.6 Å². The number of carbonyl (C=O) groups is 1. The molecule has 0 bridgehead atoms. The Morgan fingerprint density at radius 2 is 0.849 bits per heavy atom. The van der Waals surface area contributed by atoms with E-state index in [-0.39, 0.29) is 87.2 Å². The Morgan fingerprint density at radius 1 is 0.507 bits per heavy atom. The van der Waals surface area contributed by atoms with Gasteiger partial charge in [-0.1, -0.05) is 109 Å². The average Bonchev–Trinajstić information content (AvgIpc) is 3.36. The number of aliphatic hydroxyl groups is 2. The third-order valence-electron chi connectivity index (χ3n) is 12.4. The van der Waals surface area contributed by atoms with Crippen LogP contribution in [0.15, 0.2) is 29.1 Å². The van der Waals surface area contributed by atoms with Crippen molar-refractivity contribution >= 4 is 16.8 Å². The number of amides is 1. The van der Waals surface area contributed by atoms with Crippen molar-refractivity contribution in [2.24, 2.45) is 0 Å². The fourth-order valence-corrected chi connectivity index (χ4v) is 8.04. The number of hydrogen-bond donors (Lipinski definition) is 2. The number of benzene rings is 1. The van der Waals surface area contributed by atoms with E-state index in [1.165, 1.54) is 87.2 Å². The molecule has 0 aliphatic heterocycles. The molecule has 0 spiro atoms. The molecule has 73 heavy (non-hydrogen) atoms. The van der Waals surface area contributed by atoms with Gasteiger partial charge in [-0.3, -0.25) is 9.59 Å². The molecule has 1 aromatic heterocycles. The molecule has 0 radical (unpaired) electrons. The number of nitrogens with zero attached hydrogens (tertiary/aromatic N) is 3. The maximum atomic E-state index is 14.6. The van der Waals surface area contributed by atoms with Crippen LogP contribution in [0.1, 0.15) is 191 Å². The smallest absolute Gasteiger partial charge is 0.280 e. The molecule has 0 fully saturated rings. The highest BCUT2D eigenvalue weighted by Crippen LogP contribution is 2.26. The first-order chi connectivity index (χ1) is 34.9. The van der Waals surface area contributed by atoms with E-state index in [0.717, 1.165) is 19.3 Å². The minimum atomic E-state index is -0.622. The Bertz CT molecular complexity index is 1750. The van der Waals surface area contributed by atoms with Gasteiger partial charge in [-0.25, -0.2) is 9.99 Å². The van der Waals surface area contributed by atoms with Gasteiger partial charge in [0.2, 0.25) is 5.91 Å². The van der Waals surface area contributed by atoms with E-state index >= 15 is 0 Å². The lowest BCUT2D eigenvalue weighted by Crippen LogP contribution is -2.51. The van der Waals surface area contributed by atoms with Gasteiger partial charge in [0.05, 0.1) is 138 Å². The number of aliphatic hydroxyl groups excluding tert-OH is 2. The quantitative estimate of drug-likeness (QED) is 0.0599. The normalized spacial score (nSPS) is 16.6. The van der Waals surface area contributed by atoms with Crippen molar-refractivity contribution in [3.05, 3.63) is 40.4 Å². The largest absolute Gasteiger partial charge is 0.391 e. The van der Waals surface area contributed by atoms with Gasteiger partial charge >= 0.3 is 0 Å². The van der Waals surface area contributed by atoms with Crippen LogP contribution in [0.25, 0.3) is 10.9 Å². The second kappa shape index (κ2) is 39.7. The van der Waals surface area contributed by atoms with Crippen molar-refractivity contribution in [1.82, 2.24) is 9.66 Å². The molecule has 11 unspecified atom stereocenters. The van der Waals surface area contributed by atoms with Crippen molar-refractivity contribution < 1.29 is 57.6 Å². The summed E-state index contributed by atoms with van der Waals surface area (Å²) in [7, 11) is 0. The Morgan fingerprint density at radius 3 is 1.23 bits per heavy atom. The molecule has 0 saturated carbocycles. The number of fused-ring (bicyclic) bond motifs is 1. The molecule has 11 atom stereocenters. The minimum Gasteiger partial charge on any atom is -0.391 e. The van der Waals surface area contributed by atoms with Gasteiger partial charge in [-0.2, -0.15) is 4.68 Å². The van der Waals surface area contributed by atoms with Crippen molar-refractivity contribution in [3.8, 4) is 0 Å². The Balaban J connectivity index is 2.18. The first kappa shape index (κ1) is 66.5. The summed E-state index contributed by atoms with van der Waals surface area (Å²) >= 11 is 0. The lowest BCUT2D eigenvalue weighted by molar-refractivity contribution is -0.119. The summed E-state index contributed by atoms with van der Waals surface area (Å²) in [4.78, 5) is 33.4. The van der Waals surface area contributed by atoms with Crippen molar-refractivity contribution in [1.29, 1.82) is 0 Å². The number of rotatable bonds is 46. The van der Waals surface area contributed by atoms with Gasteiger partial charge in [0, 0.05) is 6.92 Å². The molecule has 16 heteroatoms. The molecule has 1 heterocycles. The fraction of sp³-hybridized carbons (Fsp3) is 0.842. The van der Waals surface area contributed by atoms with Gasteiger partial charge in [0.1, 0.15) is 6.10 Å². The molecular weight excluding hydrogens is 935 g/mol. The summed E-state index contributed by atoms with van der Waals surface area (Å²) in [6.07, 6.45) is 14.3. The zero-order chi connectivity index (χ0) is 54.0. The fourth-order valence-electron chi connectivity index (χ4n) is 8.04. The summed E-state index contributed by atoms with van der Waals surface area (Å²) in [5.41, 5.74) is 0.173. The Kier molecular flexibility index (Phi) is 36.2. The number of para-hydroxylation sites is 1. The topological polar surface area (TPSA) is 179 Å². The van der Waals surface area contributed by atoms with Crippen molar-refractivity contribution in [2.75, 3.05) is 71.0 Å². The monoisotopic (exact) mass is 1040 g/mol. The lowest BCUT2D eigenvalue weighted by Gasteiger charge is -2.31.